The van der Waals surface area contributed by atoms with Crippen molar-refractivity contribution in [1.29, 1.82) is 0 Å². The molecule has 14 rings (SSSR count). The lowest BCUT2D eigenvalue weighted by Gasteiger charge is -2.32. The second-order valence-electron chi connectivity index (χ2n) is 17.2. The number of nitrogens with zero attached hydrogens (tertiary/aromatic N) is 3. The number of aromatic nitrogens is 2. The van der Waals surface area contributed by atoms with Crippen molar-refractivity contribution in [3.8, 4) is 33.6 Å². The highest BCUT2D eigenvalue weighted by molar-refractivity contribution is 6.18. The molecule has 10 aromatic carbocycles. The fraction of sp³-hybridized carbons (Fsp3) is 0.0164. The number of benzene rings is 10. The molecule has 0 unspecified atom stereocenters. The summed E-state index contributed by atoms with van der Waals surface area (Å²) < 4.78 is 4.83. The molecule has 2 aliphatic carbocycles. The molecule has 0 N–H and O–H groups in total. The van der Waals surface area contributed by atoms with E-state index in [4.69, 9.17) is 0 Å². The number of para-hydroxylation sites is 4. The van der Waals surface area contributed by atoms with Crippen LogP contribution in [-0.4, -0.2) is 9.13 Å². The Morgan fingerprint density at radius 3 is 1.47 bits per heavy atom. The molecule has 0 atom stereocenters. The Morgan fingerprint density at radius 1 is 0.312 bits per heavy atom. The Labute approximate surface area is 371 Å². The van der Waals surface area contributed by atoms with E-state index in [2.05, 4.69) is 251 Å². The molecule has 2 aliphatic rings. The summed E-state index contributed by atoms with van der Waals surface area (Å²) in [6, 6.07) is 87.6. The van der Waals surface area contributed by atoms with Gasteiger partial charge in [-0.2, -0.15) is 0 Å². The number of anilines is 3. The van der Waals surface area contributed by atoms with Gasteiger partial charge in [0, 0.05) is 44.2 Å². The zero-order valence-electron chi connectivity index (χ0n) is 34.9. The van der Waals surface area contributed by atoms with E-state index in [-0.39, 0.29) is 0 Å². The van der Waals surface area contributed by atoms with Crippen LogP contribution in [0.15, 0.2) is 237 Å². The van der Waals surface area contributed by atoms with Gasteiger partial charge < -0.3 is 14.0 Å². The van der Waals surface area contributed by atoms with Crippen LogP contribution in [0, 0.1) is 0 Å². The molecular weight excluding hydrogens is 775 g/mol. The molecule has 2 heterocycles. The third-order valence-corrected chi connectivity index (χ3v) is 14.1. The van der Waals surface area contributed by atoms with Crippen LogP contribution >= 0.6 is 0 Å². The van der Waals surface area contributed by atoms with Crippen LogP contribution in [0.2, 0.25) is 0 Å². The van der Waals surface area contributed by atoms with Gasteiger partial charge in [-0.05, 0) is 112 Å². The van der Waals surface area contributed by atoms with Crippen LogP contribution in [0.25, 0.3) is 77.2 Å². The third kappa shape index (κ3) is 4.60. The van der Waals surface area contributed by atoms with Crippen LogP contribution in [0.1, 0.15) is 22.3 Å². The molecule has 0 bridgehead atoms. The highest BCUT2D eigenvalue weighted by Crippen LogP contribution is 2.65. The van der Waals surface area contributed by atoms with Crippen molar-refractivity contribution in [2.45, 2.75) is 5.41 Å². The predicted molar refractivity (Wildman–Crippen MR) is 266 cm³/mol. The predicted octanol–water partition coefficient (Wildman–Crippen LogP) is 15.7. The molecule has 64 heavy (non-hydrogen) atoms. The Bertz CT molecular complexity index is 3810. The molecule has 3 nitrogen and oxygen atoms in total. The van der Waals surface area contributed by atoms with Crippen LogP contribution in [0.4, 0.5) is 17.1 Å². The molecule has 0 saturated carbocycles. The highest BCUT2D eigenvalue weighted by Gasteiger charge is 2.52. The normalized spacial score (nSPS) is 13.1. The Kier molecular flexibility index (Phi) is 7.32. The minimum Gasteiger partial charge on any atom is -0.309 e. The number of hydrogen-bond donors (Lipinski definition) is 0. The minimum absolute atomic E-state index is 0.469. The molecule has 0 aliphatic heterocycles. The van der Waals surface area contributed by atoms with Crippen LogP contribution in [0.3, 0.4) is 0 Å². The maximum Gasteiger partial charge on any atom is 0.0726 e. The monoisotopic (exact) mass is 813 g/mol. The first-order valence-electron chi connectivity index (χ1n) is 22.2. The first kappa shape index (κ1) is 35.2. The van der Waals surface area contributed by atoms with E-state index in [1.807, 2.05) is 0 Å². The largest absolute Gasteiger partial charge is 0.309 e. The van der Waals surface area contributed by atoms with Gasteiger partial charge in [0.2, 0.25) is 0 Å². The van der Waals surface area contributed by atoms with Crippen molar-refractivity contribution in [2.75, 3.05) is 4.90 Å². The van der Waals surface area contributed by atoms with Crippen LogP contribution < -0.4 is 4.90 Å². The fourth-order valence-electron chi connectivity index (χ4n) is 11.7. The fourth-order valence-corrected chi connectivity index (χ4v) is 11.7. The zero-order chi connectivity index (χ0) is 41.9. The topological polar surface area (TPSA) is 13.1 Å². The van der Waals surface area contributed by atoms with Gasteiger partial charge in [0.05, 0.1) is 38.9 Å². The van der Waals surface area contributed by atoms with Crippen molar-refractivity contribution >= 4 is 60.7 Å². The lowest BCUT2D eigenvalue weighted by molar-refractivity contribution is 0.794. The number of rotatable bonds is 5. The summed E-state index contributed by atoms with van der Waals surface area (Å²) >= 11 is 0. The van der Waals surface area contributed by atoms with Crippen molar-refractivity contribution in [1.82, 2.24) is 9.13 Å². The van der Waals surface area contributed by atoms with E-state index in [1.165, 1.54) is 88.1 Å². The molecule has 2 aromatic heterocycles. The number of hydrogen-bond acceptors (Lipinski definition) is 1. The third-order valence-electron chi connectivity index (χ3n) is 14.1. The van der Waals surface area contributed by atoms with Gasteiger partial charge in [-0.3, -0.25) is 0 Å². The summed E-state index contributed by atoms with van der Waals surface area (Å²) in [5.74, 6) is 0. The highest BCUT2D eigenvalue weighted by atomic mass is 15.2. The van der Waals surface area contributed by atoms with Crippen molar-refractivity contribution in [3.05, 3.63) is 259 Å². The van der Waals surface area contributed by atoms with Gasteiger partial charge in [-0.25, -0.2) is 0 Å². The quantitative estimate of drug-likeness (QED) is 0.169. The van der Waals surface area contributed by atoms with Gasteiger partial charge in [0.15, 0.2) is 0 Å². The lowest BCUT2D eigenvalue weighted by Crippen LogP contribution is -2.26. The van der Waals surface area contributed by atoms with E-state index < -0.39 is 5.41 Å². The standard InChI is InChI=1S/C61H39N3/c1-3-19-40(20-4-1)62-53-32-15-10-25-45(53)48-39-42(37-38-55(48)62)64(58-36-18-35-57-60(58)47-27-11-16-33-54(47)63(57)41-21-5-2-6-22-41)56-34-17-31-52-59(56)46-26-9-14-30-51(46)61(52)49-28-12-7-23-43(49)44-24-8-13-29-50(44)61/h1-39H. The average Bonchev–Trinajstić information content (AvgIpc) is 4.07. The second kappa shape index (κ2) is 13.3. The van der Waals surface area contributed by atoms with E-state index in [0.717, 1.165) is 28.4 Å². The average molecular weight is 814 g/mol. The molecule has 0 fully saturated rings. The minimum atomic E-state index is -0.469. The molecule has 298 valence electrons. The van der Waals surface area contributed by atoms with E-state index in [0.29, 0.717) is 0 Å². The maximum absolute atomic E-state index is 2.57. The molecule has 0 saturated heterocycles. The Hall–Kier alpha value is -8.40. The van der Waals surface area contributed by atoms with E-state index in [1.54, 1.807) is 0 Å². The van der Waals surface area contributed by atoms with Gasteiger partial charge in [0.1, 0.15) is 0 Å². The van der Waals surface area contributed by atoms with Crippen LogP contribution in [0.5, 0.6) is 0 Å². The Balaban J connectivity index is 1.12. The molecule has 0 radical (unpaired) electrons. The first-order valence-corrected chi connectivity index (χ1v) is 22.2. The summed E-state index contributed by atoms with van der Waals surface area (Å²) in [5, 5.41) is 4.86. The van der Waals surface area contributed by atoms with Gasteiger partial charge in [-0.1, -0.05) is 164 Å². The SMILES string of the molecule is c1ccc(-n2c3ccccc3c3cc(N(c4cccc5c4-c4ccccc4C54c5ccccc5-c5ccccc54)c4cccc5c4c4ccccc4n5-c4ccccc4)ccc32)cc1. The van der Waals surface area contributed by atoms with Crippen molar-refractivity contribution in [2.24, 2.45) is 0 Å². The van der Waals surface area contributed by atoms with Gasteiger partial charge in [-0.15, -0.1) is 0 Å². The lowest BCUT2D eigenvalue weighted by atomic mass is 9.70. The Morgan fingerprint density at radius 2 is 0.781 bits per heavy atom. The van der Waals surface area contributed by atoms with Gasteiger partial charge >= 0.3 is 0 Å². The molecule has 3 heteroatoms. The molecular formula is C61H39N3. The van der Waals surface area contributed by atoms with E-state index in [9.17, 15) is 0 Å². The van der Waals surface area contributed by atoms with Crippen molar-refractivity contribution < 1.29 is 0 Å². The van der Waals surface area contributed by atoms with E-state index >= 15 is 0 Å². The summed E-state index contributed by atoms with van der Waals surface area (Å²) in [4.78, 5) is 2.57. The van der Waals surface area contributed by atoms with Crippen LogP contribution in [-0.2, 0) is 5.41 Å². The first-order chi connectivity index (χ1) is 31.8. The summed E-state index contributed by atoms with van der Waals surface area (Å²) in [6.45, 7) is 0. The summed E-state index contributed by atoms with van der Waals surface area (Å²) in [5.41, 5.74) is 20.4. The second-order valence-corrected chi connectivity index (χ2v) is 17.2. The van der Waals surface area contributed by atoms with Crippen molar-refractivity contribution in [3.63, 3.8) is 0 Å². The molecule has 0 amide bonds. The number of fused-ring (bicyclic) bond motifs is 16. The summed E-state index contributed by atoms with van der Waals surface area (Å²) in [6.07, 6.45) is 0. The molecule has 12 aromatic rings. The van der Waals surface area contributed by atoms with Gasteiger partial charge in [0.25, 0.3) is 0 Å². The summed E-state index contributed by atoms with van der Waals surface area (Å²) in [7, 11) is 0. The molecule has 1 spiro atoms. The maximum atomic E-state index is 2.57. The smallest absolute Gasteiger partial charge is 0.0726 e. The zero-order valence-corrected chi connectivity index (χ0v) is 34.9.